The molecule has 2 saturated heterocycles. The highest BCUT2D eigenvalue weighted by Crippen LogP contribution is 2.31. The molecule has 9 heteroatoms. The Morgan fingerprint density at radius 3 is 2.44 bits per heavy atom. The number of nitriles is 1. The number of carbonyl (C=O) groups is 3. The van der Waals surface area contributed by atoms with Gasteiger partial charge in [-0.05, 0) is 34.9 Å². The summed E-state index contributed by atoms with van der Waals surface area (Å²) < 4.78 is 0. The van der Waals surface area contributed by atoms with Gasteiger partial charge in [-0.15, -0.1) is 0 Å². The van der Waals surface area contributed by atoms with Gasteiger partial charge >= 0.3 is 0 Å². The van der Waals surface area contributed by atoms with Gasteiger partial charge in [0.25, 0.3) is 0 Å². The summed E-state index contributed by atoms with van der Waals surface area (Å²) in [5.74, 6) is -0.399. The Morgan fingerprint density at radius 1 is 1.05 bits per heavy atom. The van der Waals surface area contributed by atoms with E-state index in [1.807, 2.05) is 87.6 Å². The molecule has 41 heavy (non-hydrogen) atoms. The van der Waals surface area contributed by atoms with Gasteiger partial charge in [0, 0.05) is 13.1 Å². The van der Waals surface area contributed by atoms with Crippen molar-refractivity contribution in [3.05, 3.63) is 83.9 Å². The minimum atomic E-state index is -0.645. The third-order valence-corrected chi connectivity index (χ3v) is 7.82. The molecule has 3 atom stereocenters. The molecule has 2 heterocycles. The molecule has 0 bridgehead atoms. The monoisotopic (exact) mass is 554 g/mol. The molecule has 2 aliphatic heterocycles. The van der Waals surface area contributed by atoms with Crippen molar-refractivity contribution >= 4 is 29.0 Å². The largest absolute Gasteiger partial charge is 0.333 e. The van der Waals surface area contributed by atoms with Gasteiger partial charge < -0.3 is 15.1 Å². The predicted molar refractivity (Wildman–Crippen MR) is 158 cm³/mol. The fourth-order valence-electron chi connectivity index (χ4n) is 5.58. The third-order valence-electron chi connectivity index (χ3n) is 7.82. The van der Waals surface area contributed by atoms with Gasteiger partial charge in [0.1, 0.15) is 18.8 Å². The van der Waals surface area contributed by atoms with Gasteiger partial charge in [0.15, 0.2) is 0 Å². The lowest BCUT2D eigenvalue weighted by atomic mass is 9.92. The zero-order chi connectivity index (χ0) is 29.4. The number of nitrogens with zero attached hydrogens (tertiary/aromatic N) is 5. The van der Waals surface area contributed by atoms with Gasteiger partial charge in [-0.25, -0.2) is 0 Å². The first kappa shape index (κ1) is 29.7. The van der Waals surface area contributed by atoms with Crippen LogP contribution in [0.3, 0.4) is 0 Å². The second kappa shape index (κ2) is 13.9. The molecule has 214 valence electrons. The van der Waals surface area contributed by atoms with Crippen molar-refractivity contribution in [2.75, 3.05) is 26.7 Å². The van der Waals surface area contributed by atoms with Crippen LogP contribution in [0.1, 0.15) is 31.4 Å². The first-order valence-electron chi connectivity index (χ1n) is 14.0. The van der Waals surface area contributed by atoms with E-state index in [0.29, 0.717) is 13.0 Å². The zero-order valence-electron chi connectivity index (χ0n) is 23.9. The van der Waals surface area contributed by atoms with E-state index in [1.165, 1.54) is 15.6 Å². The minimum absolute atomic E-state index is 0.0692. The van der Waals surface area contributed by atoms with E-state index in [9.17, 15) is 14.4 Å². The molecule has 0 saturated carbocycles. The number of hydrogen-bond acceptors (Lipinski definition) is 6. The van der Waals surface area contributed by atoms with E-state index >= 15 is 0 Å². The number of carbonyl (C=O) groups excluding carboxylic acids is 3. The molecule has 2 aliphatic rings. The maximum Gasteiger partial charge on any atom is 0.246 e. The molecule has 2 unspecified atom stereocenters. The summed E-state index contributed by atoms with van der Waals surface area (Å²) in [5.41, 5.74) is 2.35. The summed E-state index contributed by atoms with van der Waals surface area (Å²) in [7, 11) is 1.95. The summed E-state index contributed by atoms with van der Waals surface area (Å²) in [6, 6.07) is 25.8. The van der Waals surface area contributed by atoms with Crippen LogP contribution in [-0.2, 0) is 27.5 Å². The molecule has 9 nitrogen and oxygen atoms in total. The number of nitrogens with one attached hydrogen (secondary N) is 1. The third kappa shape index (κ3) is 6.56. The highest BCUT2D eigenvalue weighted by Gasteiger charge is 2.51. The van der Waals surface area contributed by atoms with Gasteiger partial charge in [-0.2, -0.15) is 10.3 Å². The second-order valence-electron chi connectivity index (χ2n) is 10.5. The lowest BCUT2D eigenvalue weighted by molar-refractivity contribution is -0.201. The zero-order valence-corrected chi connectivity index (χ0v) is 23.9. The maximum atomic E-state index is 13.6. The Balaban J connectivity index is 0.000000367. The summed E-state index contributed by atoms with van der Waals surface area (Å²) in [4.78, 5) is 42.0. The maximum absolute atomic E-state index is 13.6. The van der Waals surface area contributed by atoms with E-state index in [1.54, 1.807) is 9.80 Å². The van der Waals surface area contributed by atoms with Crippen molar-refractivity contribution in [3.63, 3.8) is 0 Å². The number of hydrazine groups is 1. The van der Waals surface area contributed by atoms with Crippen molar-refractivity contribution in [2.45, 2.75) is 45.6 Å². The Morgan fingerprint density at radius 2 is 1.76 bits per heavy atom. The molecule has 3 amide bonds. The lowest BCUT2D eigenvalue weighted by Crippen LogP contribution is -2.75. The Labute approximate surface area is 241 Å². The summed E-state index contributed by atoms with van der Waals surface area (Å²) in [5, 5.41) is 17.3. The molecule has 3 aromatic rings. The molecular formula is C32H38N6O3. The van der Waals surface area contributed by atoms with Crippen molar-refractivity contribution in [1.29, 1.82) is 5.26 Å². The Kier molecular flexibility index (Phi) is 10.1. The van der Waals surface area contributed by atoms with Gasteiger partial charge in [0.2, 0.25) is 18.2 Å². The SMILES string of the molecule is CCC(C)[C@H]1C(=O)N(Cc2cccc3ccccc23)CC2N1C(=O)CN(CC#N)N2C=O.CNCc1ccccc1. The number of amides is 3. The predicted octanol–water partition coefficient (Wildman–Crippen LogP) is 3.37. The topological polar surface area (TPSA) is 100.0 Å². The lowest BCUT2D eigenvalue weighted by Gasteiger charge is -2.55. The minimum Gasteiger partial charge on any atom is -0.333 e. The number of fused-ring (bicyclic) bond motifs is 2. The van der Waals surface area contributed by atoms with Crippen LogP contribution < -0.4 is 5.32 Å². The van der Waals surface area contributed by atoms with Gasteiger partial charge in [-0.1, -0.05) is 93.1 Å². The first-order chi connectivity index (χ1) is 19.9. The number of benzene rings is 3. The van der Waals surface area contributed by atoms with Gasteiger partial charge in [-0.3, -0.25) is 19.4 Å². The van der Waals surface area contributed by atoms with Gasteiger partial charge in [0.05, 0.1) is 19.2 Å². The normalized spacial score (nSPS) is 19.7. The van der Waals surface area contributed by atoms with E-state index in [4.69, 9.17) is 5.26 Å². The highest BCUT2D eigenvalue weighted by atomic mass is 16.2. The van der Waals surface area contributed by atoms with E-state index in [0.717, 1.165) is 29.3 Å². The van der Waals surface area contributed by atoms with Crippen molar-refractivity contribution in [1.82, 2.24) is 25.1 Å². The Hall–Kier alpha value is -4.26. The molecule has 0 aliphatic carbocycles. The van der Waals surface area contributed by atoms with Crippen LogP contribution in [0.5, 0.6) is 0 Å². The van der Waals surface area contributed by atoms with E-state index in [-0.39, 0.29) is 37.4 Å². The van der Waals surface area contributed by atoms with Crippen molar-refractivity contribution < 1.29 is 14.4 Å². The molecule has 3 aromatic carbocycles. The molecular weight excluding hydrogens is 516 g/mol. The van der Waals surface area contributed by atoms with Crippen LogP contribution in [0.25, 0.3) is 10.8 Å². The number of piperazine rings is 1. The van der Waals surface area contributed by atoms with E-state index < -0.39 is 12.2 Å². The van der Waals surface area contributed by atoms with E-state index in [2.05, 4.69) is 17.4 Å². The number of rotatable bonds is 8. The van der Waals surface area contributed by atoms with Crippen LogP contribution in [0, 0.1) is 17.2 Å². The Bertz CT molecular complexity index is 1390. The second-order valence-corrected chi connectivity index (χ2v) is 10.5. The smallest absolute Gasteiger partial charge is 0.246 e. The summed E-state index contributed by atoms with van der Waals surface area (Å²) in [6.45, 7) is 5.33. The molecule has 1 N–H and O–H groups in total. The van der Waals surface area contributed by atoms with Crippen molar-refractivity contribution in [2.24, 2.45) is 5.92 Å². The average molecular weight is 555 g/mol. The molecule has 0 aromatic heterocycles. The standard InChI is InChI=1S/C24H27N5O3.C8H11N/c1-3-17(2)23-24(32)26(13-19-9-6-8-18-7-4-5-10-20(18)19)14-21-28(16-30)27(12-11-25)15-22(31)29(21)23;1-9-7-8-5-3-2-4-6-8/h4-10,16-17,21,23H,3,12-15H2,1-2H3;2-6,9H,7H2,1H3/t17?,21?,23-;/m0./s1. The molecule has 0 radical (unpaired) electrons. The average Bonchev–Trinajstić information content (AvgIpc) is 2.99. The van der Waals surface area contributed by atoms with Crippen molar-refractivity contribution in [3.8, 4) is 6.07 Å². The molecule has 0 spiro atoms. The van der Waals surface area contributed by atoms with Crippen LogP contribution in [0.15, 0.2) is 72.8 Å². The van der Waals surface area contributed by atoms with Crippen LogP contribution in [-0.4, -0.2) is 76.9 Å². The quantitative estimate of drug-likeness (QED) is 0.339. The highest BCUT2D eigenvalue weighted by molar-refractivity contribution is 5.91. The first-order valence-corrected chi connectivity index (χ1v) is 14.0. The van der Waals surface area contributed by atoms with Crippen LogP contribution in [0.2, 0.25) is 0 Å². The number of hydrogen-bond donors (Lipinski definition) is 1. The molecule has 2 fully saturated rings. The summed E-state index contributed by atoms with van der Waals surface area (Å²) in [6.07, 6.45) is 0.743. The van der Waals surface area contributed by atoms with Crippen LogP contribution >= 0.6 is 0 Å². The van der Waals surface area contributed by atoms with Crippen LogP contribution in [0.4, 0.5) is 0 Å². The summed E-state index contributed by atoms with van der Waals surface area (Å²) >= 11 is 0. The fraction of sp³-hybridized carbons (Fsp3) is 0.375. The molecule has 5 rings (SSSR count). The fourth-order valence-corrected chi connectivity index (χ4v) is 5.58.